The van der Waals surface area contributed by atoms with Crippen LogP contribution in [0.2, 0.25) is 0 Å². The first kappa shape index (κ1) is 12.7. The highest BCUT2D eigenvalue weighted by Crippen LogP contribution is 2.15. The lowest BCUT2D eigenvalue weighted by atomic mass is 10.4. The number of rotatable bonds is 6. The Hall–Kier alpha value is -1.76. The Bertz CT molecular complexity index is 505. The minimum atomic E-state index is 0.740. The van der Waals surface area contributed by atoms with Crippen molar-refractivity contribution >= 4 is 17.0 Å². The summed E-state index contributed by atoms with van der Waals surface area (Å²) in [7, 11) is 4.13. The van der Waals surface area contributed by atoms with Gasteiger partial charge in [-0.3, -0.25) is 0 Å². The Morgan fingerprint density at radius 2 is 2.17 bits per heavy atom. The molecule has 2 heterocycles. The number of aromatic nitrogens is 5. The molecule has 0 aliphatic heterocycles. The van der Waals surface area contributed by atoms with E-state index in [1.165, 1.54) is 0 Å². The van der Waals surface area contributed by atoms with Gasteiger partial charge in [0.15, 0.2) is 17.0 Å². The lowest BCUT2D eigenvalue weighted by Gasteiger charge is -2.10. The Morgan fingerprint density at radius 1 is 1.33 bits per heavy atom. The molecule has 0 aliphatic rings. The molecule has 0 unspecified atom stereocenters. The summed E-state index contributed by atoms with van der Waals surface area (Å²) in [5, 5.41) is 11.5. The van der Waals surface area contributed by atoms with E-state index in [1.54, 1.807) is 11.0 Å². The molecule has 0 aromatic carbocycles. The molecule has 1 N–H and O–H groups in total. The van der Waals surface area contributed by atoms with Crippen LogP contribution in [0.1, 0.15) is 13.3 Å². The molecule has 7 heteroatoms. The standard InChI is InChI=1S/C11H19N7/c1-4-18-11-9(15-16-18)10(13-8-14-11)12-6-5-7-17(2)3/h8H,4-7H2,1-3H3,(H,12,13,14). The van der Waals surface area contributed by atoms with Crippen molar-refractivity contribution in [3.63, 3.8) is 0 Å². The molecule has 18 heavy (non-hydrogen) atoms. The smallest absolute Gasteiger partial charge is 0.183 e. The van der Waals surface area contributed by atoms with E-state index in [1.807, 2.05) is 6.92 Å². The van der Waals surface area contributed by atoms with Gasteiger partial charge >= 0.3 is 0 Å². The monoisotopic (exact) mass is 249 g/mol. The van der Waals surface area contributed by atoms with E-state index in [0.29, 0.717) is 0 Å². The summed E-state index contributed by atoms with van der Waals surface area (Å²) in [5.41, 5.74) is 1.52. The topological polar surface area (TPSA) is 71.8 Å². The van der Waals surface area contributed by atoms with E-state index in [4.69, 9.17) is 0 Å². The van der Waals surface area contributed by atoms with Gasteiger partial charge in [-0.25, -0.2) is 14.6 Å². The quantitative estimate of drug-likeness (QED) is 0.756. The van der Waals surface area contributed by atoms with E-state index in [-0.39, 0.29) is 0 Å². The lowest BCUT2D eigenvalue weighted by Crippen LogP contribution is -2.16. The number of aryl methyl sites for hydroxylation is 1. The van der Waals surface area contributed by atoms with E-state index in [0.717, 1.165) is 43.0 Å². The van der Waals surface area contributed by atoms with Crippen LogP contribution in [0.3, 0.4) is 0 Å². The van der Waals surface area contributed by atoms with Crippen molar-refractivity contribution in [2.45, 2.75) is 19.9 Å². The fourth-order valence-corrected chi connectivity index (χ4v) is 1.74. The molecule has 0 bridgehead atoms. The van der Waals surface area contributed by atoms with E-state index >= 15 is 0 Å². The predicted octanol–water partition coefficient (Wildman–Crippen LogP) is 0.605. The molecule has 98 valence electrons. The van der Waals surface area contributed by atoms with Crippen molar-refractivity contribution in [1.82, 2.24) is 29.9 Å². The van der Waals surface area contributed by atoms with Gasteiger partial charge in [-0.1, -0.05) is 5.21 Å². The minimum Gasteiger partial charge on any atom is -0.368 e. The van der Waals surface area contributed by atoms with Gasteiger partial charge in [0.05, 0.1) is 0 Å². The van der Waals surface area contributed by atoms with E-state index < -0.39 is 0 Å². The molecule has 0 spiro atoms. The largest absolute Gasteiger partial charge is 0.368 e. The first-order chi connectivity index (χ1) is 8.72. The summed E-state index contributed by atoms with van der Waals surface area (Å²) >= 11 is 0. The number of hydrogen-bond acceptors (Lipinski definition) is 6. The fraction of sp³-hybridized carbons (Fsp3) is 0.636. The van der Waals surface area contributed by atoms with Crippen LogP contribution < -0.4 is 5.32 Å². The summed E-state index contributed by atoms with van der Waals surface area (Å²) < 4.78 is 1.77. The molecule has 0 fully saturated rings. The van der Waals surface area contributed by atoms with Crippen LogP contribution in [0.5, 0.6) is 0 Å². The van der Waals surface area contributed by atoms with Gasteiger partial charge in [0.2, 0.25) is 0 Å². The number of fused-ring (bicyclic) bond motifs is 1. The number of hydrogen-bond donors (Lipinski definition) is 1. The average Bonchev–Trinajstić information content (AvgIpc) is 2.78. The highest BCUT2D eigenvalue weighted by molar-refractivity contribution is 5.81. The fourth-order valence-electron chi connectivity index (χ4n) is 1.74. The third-order valence-electron chi connectivity index (χ3n) is 2.67. The summed E-state index contributed by atoms with van der Waals surface area (Å²) in [6.07, 6.45) is 2.60. The minimum absolute atomic E-state index is 0.740. The molecule has 0 amide bonds. The molecule has 0 aliphatic carbocycles. The van der Waals surface area contributed by atoms with Gasteiger partial charge in [-0.05, 0) is 34.0 Å². The molecule has 0 radical (unpaired) electrons. The summed E-state index contributed by atoms with van der Waals surface area (Å²) in [5.74, 6) is 0.762. The average molecular weight is 249 g/mol. The number of anilines is 1. The zero-order valence-electron chi connectivity index (χ0n) is 11.1. The Labute approximate surface area is 106 Å². The first-order valence-corrected chi connectivity index (χ1v) is 6.15. The Balaban J connectivity index is 2.06. The lowest BCUT2D eigenvalue weighted by molar-refractivity contribution is 0.405. The summed E-state index contributed by atoms with van der Waals surface area (Å²) in [6, 6.07) is 0. The molecule has 2 aromatic rings. The van der Waals surface area contributed by atoms with Crippen molar-refractivity contribution in [2.24, 2.45) is 0 Å². The SMILES string of the molecule is CCn1nnc2c(NCCCN(C)C)ncnc21. The zero-order valence-corrected chi connectivity index (χ0v) is 11.1. The molecular weight excluding hydrogens is 230 g/mol. The first-order valence-electron chi connectivity index (χ1n) is 6.15. The second kappa shape index (κ2) is 5.72. The van der Waals surface area contributed by atoms with Gasteiger partial charge in [0, 0.05) is 13.1 Å². The van der Waals surface area contributed by atoms with Crippen LogP contribution >= 0.6 is 0 Å². The van der Waals surface area contributed by atoms with Gasteiger partial charge in [-0.2, -0.15) is 0 Å². The van der Waals surface area contributed by atoms with Crippen molar-refractivity contribution in [1.29, 1.82) is 0 Å². The maximum atomic E-state index is 4.22. The summed E-state index contributed by atoms with van der Waals surface area (Å²) in [6.45, 7) is 4.68. The number of nitrogens with one attached hydrogen (secondary N) is 1. The molecule has 2 aromatic heterocycles. The maximum Gasteiger partial charge on any atom is 0.183 e. The maximum absolute atomic E-state index is 4.22. The van der Waals surface area contributed by atoms with Crippen LogP contribution in [-0.4, -0.2) is 57.0 Å². The normalized spacial score (nSPS) is 11.3. The van der Waals surface area contributed by atoms with Crippen molar-refractivity contribution in [3.8, 4) is 0 Å². The second-order valence-electron chi connectivity index (χ2n) is 4.38. The third-order valence-corrected chi connectivity index (χ3v) is 2.67. The van der Waals surface area contributed by atoms with Crippen molar-refractivity contribution < 1.29 is 0 Å². The van der Waals surface area contributed by atoms with Crippen LogP contribution in [0, 0.1) is 0 Å². The van der Waals surface area contributed by atoms with Gasteiger partial charge < -0.3 is 10.2 Å². The number of nitrogens with zero attached hydrogens (tertiary/aromatic N) is 6. The second-order valence-corrected chi connectivity index (χ2v) is 4.38. The predicted molar refractivity (Wildman–Crippen MR) is 70.5 cm³/mol. The highest BCUT2D eigenvalue weighted by Gasteiger charge is 2.09. The highest BCUT2D eigenvalue weighted by atomic mass is 15.4. The van der Waals surface area contributed by atoms with Crippen LogP contribution in [0.25, 0.3) is 11.2 Å². The van der Waals surface area contributed by atoms with E-state index in [2.05, 4.69) is 44.6 Å². The van der Waals surface area contributed by atoms with Crippen molar-refractivity contribution in [2.75, 3.05) is 32.5 Å². The molecule has 7 nitrogen and oxygen atoms in total. The van der Waals surface area contributed by atoms with Crippen LogP contribution in [-0.2, 0) is 6.54 Å². The summed E-state index contributed by atoms with van der Waals surface area (Å²) in [4.78, 5) is 10.6. The molecule has 2 rings (SSSR count). The molecule has 0 saturated heterocycles. The van der Waals surface area contributed by atoms with Gasteiger partial charge in [0.25, 0.3) is 0 Å². The Morgan fingerprint density at radius 3 is 2.89 bits per heavy atom. The van der Waals surface area contributed by atoms with Crippen LogP contribution in [0.15, 0.2) is 6.33 Å². The third kappa shape index (κ3) is 2.73. The Kier molecular flexibility index (Phi) is 4.03. The van der Waals surface area contributed by atoms with E-state index in [9.17, 15) is 0 Å². The van der Waals surface area contributed by atoms with Crippen molar-refractivity contribution in [3.05, 3.63) is 6.33 Å². The zero-order chi connectivity index (χ0) is 13.0. The van der Waals surface area contributed by atoms with Gasteiger partial charge in [0.1, 0.15) is 6.33 Å². The molecular formula is C11H19N7. The molecule has 0 saturated carbocycles. The molecule has 0 atom stereocenters. The van der Waals surface area contributed by atoms with Crippen LogP contribution in [0.4, 0.5) is 5.82 Å². The van der Waals surface area contributed by atoms with Gasteiger partial charge in [-0.15, -0.1) is 5.10 Å².